The van der Waals surface area contributed by atoms with Gasteiger partial charge in [-0.25, -0.2) is 9.78 Å². The molecule has 2 aromatic rings. The molecule has 0 radical (unpaired) electrons. The van der Waals surface area contributed by atoms with Crippen molar-refractivity contribution in [3.05, 3.63) is 48.0 Å². The maximum absolute atomic E-state index is 10.9. The average molecular weight is 217 g/mol. The van der Waals surface area contributed by atoms with E-state index >= 15 is 0 Å². The lowest BCUT2D eigenvalue weighted by Gasteiger charge is -2.06. The van der Waals surface area contributed by atoms with Crippen LogP contribution in [-0.4, -0.2) is 20.6 Å². The Morgan fingerprint density at radius 1 is 1.38 bits per heavy atom. The van der Waals surface area contributed by atoms with Gasteiger partial charge >= 0.3 is 5.97 Å². The minimum absolute atomic E-state index is 0.00588. The highest BCUT2D eigenvalue weighted by Crippen LogP contribution is 2.14. The lowest BCUT2D eigenvalue weighted by Crippen LogP contribution is -2.10. The molecule has 3 N–H and O–H groups in total. The first-order valence-electron chi connectivity index (χ1n) is 4.79. The molecule has 0 fully saturated rings. The number of rotatable bonds is 3. The zero-order valence-corrected chi connectivity index (χ0v) is 8.50. The van der Waals surface area contributed by atoms with Crippen molar-refractivity contribution in [1.82, 2.24) is 9.55 Å². The van der Waals surface area contributed by atoms with Gasteiger partial charge in [-0.1, -0.05) is 18.2 Å². The average Bonchev–Trinajstić information content (AvgIpc) is 2.73. The predicted octanol–water partition coefficient (Wildman–Crippen LogP) is 1.03. The SMILES string of the molecule is NCc1c(C(=O)O)ncn1-c1ccccc1. The Bertz CT molecular complexity index is 505. The summed E-state index contributed by atoms with van der Waals surface area (Å²) in [4.78, 5) is 14.7. The molecule has 0 aliphatic rings. The third-order valence-corrected chi connectivity index (χ3v) is 2.30. The number of nitrogens with zero attached hydrogens (tertiary/aromatic N) is 2. The summed E-state index contributed by atoms with van der Waals surface area (Å²) in [5, 5.41) is 8.93. The van der Waals surface area contributed by atoms with E-state index in [1.54, 1.807) is 4.57 Å². The van der Waals surface area contributed by atoms with Crippen molar-refractivity contribution in [1.29, 1.82) is 0 Å². The van der Waals surface area contributed by atoms with Crippen LogP contribution in [0.4, 0.5) is 0 Å². The Morgan fingerprint density at radius 3 is 2.62 bits per heavy atom. The molecule has 2 rings (SSSR count). The number of imidazole rings is 1. The lowest BCUT2D eigenvalue weighted by atomic mass is 10.2. The number of carboxylic acid groups (broad SMARTS) is 1. The highest BCUT2D eigenvalue weighted by atomic mass is 16.4. The maximum atomic E-state index is 10.9. The van der Waals surface area contributed by atoms with Crippen LogP contribution < -0.4 is 5.73 Å². The number of aromatic nitrogens is 2. The standard InChI is InChI=1S/C11H11N3O2/c12-6-9-10(11(15)16)13-7-14(9)8-4-2-1-3-5-8/h1-5,7H,6,12H2,(H,15,16). The highest BCUT2D eigenvalue weighted by Gasteiger charge is 2.16. The Morgan fingerprint density at radius 2 is 2.06 bits per heavy atom. The summed E-state index contributed by atoms with van der Waals surface area (Å²) in [5.74, 6) is -1.06. The van der Waals surface area contributed by atoms with Crippen molar-refractivity contribution in [2.75, 3.05) is 0 Å². The van der Waals surface area contributed by atoms with Crippen LogP contribution in [-0.2, 0) is 6.54 Å². The van der Waals surface area contributed by atoms with Crippen LogP contribution >= 0.6 is 0 Å². The van der Waals surface area contributed by atoms with Crippen molar-refractivity contribution < 1.29 is 9.90 Å². The van der Waals surface area contributed by atoms with E-state index in [-0.39, 0.29) is 12.2 Å². The third-order valence-electron chi connectivity index (χ3n) is 2.30. The number of para-hydroxylation sites is 1. The van der Waals surface area contributed by atoms with Crippen LogP contribution in [0.2, 0.25) is 0 Å². The molecule has 0 saturated heterocycles. The van der Waals surface area contributed by atoms with E-state index in [0.717, 1.165) is 5.69 Å². The van der Waals surface area contributed by atoms with Crippen LogP contribution in [0.25, 0.3) is 5.69 Å². The lowest BCUT2D eigenvalue weighted by molar-refractivity contribution is 0.0689. The molecule has 5 nitrogen and oxygen atoms in total. The third kappa shape index (κ3) is 1.68. The summed E-state index contributed by atoms with van der Waals surface area (Å²) in [6.45, 7) is 0.135. The first-order chi connectivity index (χ1) is 7.74. The van der Waals surface area contributed by atoms with E-state index in [2.05, 4.69) is 4.98 Å². The number of aromatic carboxylic acids is 1. The van der Waals surface area contributed by atoms with E-state index in [1.165, 1.54) is 6.33 Å². The molecule has 0 bridgehead atoms. The fourth-order valence-electron chi connectivity index (χ4n) is 1.56. The minimum Gasteiger partial charge on any atom is -0.476 e. The predicted molar refractivity (Wildman–Crippen MR) is 58.4 cm³/mol. The summed E-state index contributed by atoms with van der Waals surface area (Å²) in [5.41, 5.74) is 6.90. The zero-order valence-electron chi connectivity index (χ0n) is 8.50. The topological polar surface area (TPSA) is 81.1 Å². The molecule has 5 heteroatoms. The molecular formula is C11H11N3O2. The van der Waals surface area contributed by atoms with Gasteiger partial charge in [-0.3, -0.25) is 0 Å². The molecule has 0 spiro atoms. The molecule has 0 amide bonds. The molecule has 1 heterocycles. The van der Waals surface area contributed by atoms with Crippen LogP contribution in [0.5, 0.6) is 0 Å². The van der Waals surface area contributed by atoms with E-state index in [4.69, 9.17) is 10.8 Å². The Hall–Kier alpha value is -2.14. The molecule has 0 saturated carbocycles. The van der Waals surface area contributed by atoms with Gasteiger partial charge in [-0.2, -0.15) is 0 Å². The number of benzene rings is 1. The number of carboxylic acids is 1. The number of hydrogen-bond acceptors (Lipinski definition) is 3. The van der Waals surface area contributed by atoms with Gasteiger partial charge in [0.2, 0.25) is 0 Å². The van der Waals surface area contributed by atoms with Crippen molar-refractivity contribution in [2.24, 2.45) is 5.73 Å². The van der Waals surface area contributed by atoms with Crippen LogP contribution in [0.15, 0.2) is 36.7 Å². The number of carbonyl (C=O) groups is 1. The second-order valence-electron chi connectivity index (χ2n) is 3.25. The largest absolute Gasteiger partial charge is 0.476 e. The van der Waals surface area contributed by atoms with Gasteiger partial charge in [0.15, 0.2) is 5.69 Å². The fraction of sp³-hybridized carbons (Fsp3) is 0.0909. The molecular weight excluding hydrogens is 206 g/mol. The monoisotopic (exact) mass is 217 g/mol. The second-order valence-corrected chi connectivity index (χ2v) is 3.25. The van der Waals surface area contributed by atoms with E-state index < -0.39 is 5.97 Å². The molecule has 16 heavy (non-hydrogen) atoms. The van der Waals surface area contributed by atoms with Crippen LogP contribution in [0, 0.1) is 0 Å². The smallest absolute Gasteiger partial charge is 0.356 e. The molecule has 1 aromatic heterocycles. The molecule has 0 atom stereocenters. The number of nitrogens with two attached hydrogens (primary N) is 1. The molecule has 82 valence electrons. The molecule has 0 aliphatic heterocycles. The Kier molecular flexibility index (Phi) is 2.70. The molecule has 0 unspecified atom stereocenters. The van der Waals surface area contributed by atoms with Crippen LogP contribution in [0.3, 0.4) is 0 Å². The van der Waals surface area contributed by atoms with Crippen molar-refractivity contribution >= 4 is 5.97 Å². The van der Waals surface area contributed by atoms with E-state index in [1.807, 2.05) is 30.3 Å². The van der Waals surface area contributed by atoms with E-state index in [0.29, 0.717) is 5.69 Å². The maximum Gasteiger partial charge on any atom is 0.356 e. The summed E-state index contributed by atoms with van der Waals surface area (Å²) >= 11 is 0. The van der Waals surface area contributed by atoms with Gasteiger partial charge < -0.3 is 15.4 Å². The van der Waals surface area contributed by atoms with Crippen molar-refractivity contribution in [2.45, 2.75) is 6.54 Å². The molecule has 1 aromatic carbocycles. The summed E-state index contributed by atoms with van der Waals surface area (Å²) in [6.07, 6.45) is 1.47. The Labute approximate surface area is 92.2 Å². The normalized spacial score (nSPS) is 10.3. The van der Waals surface area contributed by atoms with E-state index in [9.17, 15) is 4.79 Å². The van der Waals surface area contributed by atoms with Gasteiger partial charge in [-0.05, 0) is 12.1 Å². The number of hydrogen-bond donors (Lipinski definition) is 2. The van der Waals surface area contributed by atoms with Gasteiger partial charge in [0, 0.05) is 12.2 Å². The summed E-state index contributed by atoms with van der Waals surface area (Å²) in [7, 11) is 0. The first-order valence-corrected chi connectivity index (χ1v) is 4.79. The van der Waals surface area contributed by atoms with Gasteiger partial charge in [0.05, 0.1) is 5.69 Å². The minimum atomic E-state index is -1.06. The molecule has 0 aliphatic carbocycles. The van der Waals surface area contributed by atoms with Crippen molar-refractivity contribution in [3.8, 4) is 5.69 Å². The highest BCUT2D eigenvalue weighted by molar-refractivity contribution is 5.86. The van der Waals surface area contributed by atoms with Crippen molar-refractivity contribution in [3.63, 3.8) is 0 Å². The summed E-state index contributed by atoms with van der Waals surface area (Å²) < 4.78 is 1.68. The van der Waals surface area contributed by atoms with Crippen LogP contribution in [0.1, 0.15) is 16.2 Å². The Balaban J connectivity index is 2.54. The zero-order chi connectivity index (χ0) is 11.5. The first kappa shape index (κ1) is 10.4. The summed E-state index contributed by atoms with van der Waals surface area (Å²) in [6, 6.07) is 9.37. The fourth-order valence-corrected chi connectivity index (χ4v) is 1.56. The second kappa shape index (κ2) is 4.16. The van der Waals surface area contributed by atoms with Gasteiger partial charge in [-0.15, -0.1) is 0 Å². The van der Waals surface area contributed by atoms with Gasteiger partial charge in [0.25, 0.3) is 0 Å². The quantitative estimate of drug-likeness (QED) is 0.804. The van der Waals surface area contributed by atoms with Gasteiger partial charge in [0.1, 0.15) is 6.33 Å².